The highest BCUT2D eigenvalue weighted by atomic mass is 15.3. The lowest BCUT2D eigenvalue weighted by molar-refractivity contribution is 0.222. The molecule has 1 saturated carbocycles. The minimum atomic E-state index is -0.0190. The molecule has 264 valence electrons. The number of anilines is 2. The molecule has 0 spiro atoms. The average molecular weight is 706 g/mol. The number of hydrogen-bond donors (Lipinski definition) is 0. The van der Waals surface area contributed by atoms with Crippen LogP contribution in [0.25, 0.3) is 76.8 Å². The van der Waals surface area contributed by atoms with Gasteiger partial charge in [0.1, 0.15) is 0 Å². The van der Waals surface area contributed by atoms with Crippen molar-refractivity contribution in [3.63, 3.8) is 0 Å². The van der Waals surface area contributed by atoms with Gasteiger partial charge in [0.25, 0.3) is 0 Å². The third-order valence-corrected chi connectivity index (χ3v) is 13.7. The van der Waals surface area contributed by atoms with Gasteiger partial charge in [-0.05, 0) is 144 Å². The molecule has 0 bridgehead atoms. The molecule has 55 heavy (non-hydrogen) atoms. The maximum atomic E-state index is 2.68. The van der Waals surface area contributed by atoms with Crippen LogP contribution >= 0.6 is 0 Å². The van der Waals surface area contributed by atoms with Crippen LogP contribution < -0.4 is 4.90 Å². The quantitative estimate of drug-likeness (QED) is 0.161. The van der Waals surface area contributed by atoms with Crippen molar-refractivity contribution in [2.75, 3.05) is 4.90 Å². The second kappa shape index (κ2) is 11.9. The molecule has 0 N–H and O–H groups in total. The van der Waals surface area contributed by atoms with E-state index in [9.17, 15) is 0 Å². The fourth-order valence-corrected chi connectivity index (χ4v) is 10.7. The van der Waals surface area contributed by atoms with Crippen LogP contribution in [-0.4, -0.2) is 5.54 Å². The van der Waals surface area contributed by atoms with Gasteiger partial charge in [0, 0.05) is 17.3 Å². The molecule has 0 saturated heterocycles. The van der Waals surface area contributed by atoms with Crippen molar-refractivity contribution in [3.8, 4) is 44.5 Å². The van der Waals surface area contributed by atoms with Crippen molar-refractivity contribution in [1.29, 1.82) is 0 Å². The summed E-state index contributed by atoms with van der Waals surface area (Å²) in [6.45, 7) is 7.49. The number of fused-ring (bicyclic) bond motifs is 3. The van der Waals surface area contributed by atoms with E-state index >= 15 is 0 Å². The highest BCUT2D eigenvalue weighted by molar-refractivity contribution is 6.32. The van der Waals surface area contributed by atoms with Gasteiger partial charge in [-0.1, -0.05) is 153 Å². The van der Waals surface area contributed by atoms with E-state index in [1.54, 1.807) is 0 Å². The van der Waals surface area contributed by atoms with Crippen molar-refractivity contribution < 1.29 is 0 Å². The zero-order valence-corrected chi connectivity index (χ0v) is 31.7. The predicted molar refractivity (Wildman–Crippen MR) is 235 cm³/mol. The Kier molecular flexibility index (Phi) is 6.99. The van der Waals surface area contributed by atoms with Crippen LogP contribution in [0.1, 0.15) is 45.1 Å². The van der Waals surface area contributed by atoms with Gasteiger partial charge < -0.3 is 4.90 Å². The Balaban J connectivity index is 1.23. The van der Waals surface area contributed by atoms with Crippen LogP contribution in [-0.2, 0) is 0 Å². The Morgan fingerprint density at radius 1 is 0.436 bits per heavy atom. The van der Waals surface area contributed by atoms with Gasteiger partial charge in [0.05, 0.1) is 5.54 Å². The Morgan fingerprint density at radius 3 is 1.31 bits per heavy atom. The molecule has 9 aromatic rings. The highest BCUT2D eigenvalue weighted by Crippen LogP contribution is 2.65. The number of rotatable bonds is 5. The minimum absolute atomic E-state index is 0.0190. The standard InChI is InChI=1S/C54H43N/c1-53(2)31-30-49-48-32-38(24-29-50(48)55(54(49,53)3)39-22-14-7-15-23-39)47-34-46(37-20-12-6-13-21-37)42-26-25-40-44(35-16-8-4-9-17-35)33-45(36-18-10-5-11-19-36)41-27-28-43(47)52(42)51(40)41/h4-29,32-34,49H,30-31H2,1-3H3. The van der Waals surface area contributed by atoms with E-state index in [2.05, 4.69) is 202 Å². The van der Waals surface area contributed by atoms with E-state index in [0.29, 0.717) is 5.92 Å². The molecule has 2 unspecified atom stereocenters. The second-order valence-corrected chi connectivity index (χ2v) is 16.7. The molecule has 1 nitrogen and oxygen atoms in total. The lowest BCUT2D eigenvalue weighted by atomic mass is 9.72. The van der Waals surface area contributed by atoms with Gasteiger partial charge in [-0.15, -0.1) is 0 Å². The van der Waals surface area contributed by atoms with Gasteiger partial charge in [0.15, 0.2) is 0 Å². The van der Waals surface area contributed by atoms with Gasteiger partial charge in [0.2, 0.25) is 0 Å². The number of hydrogen-bond acceptors (Lipinski definition) is 1. The highest BCUT2D eigenvalue weighted by Gasteiger charge is 2.60. The fourth-order valence-electron chi connectivity index (χ4n) is 10.7. The summed E-state index contributed by atoms with van der Waals surface area (Å²) in [6, 6.07) is 65.8. The summed E-state index contributed by atoms with van der Waals surface area (Å²) in [6.07, 6.45) is 2.41. The molecule has 1 heteroatoms. The van der Waals surface area contributed by atoms with Gasteiger partial charge in [-0.25, -0.2) is 0 Å². The first-order chi connectivity index (χ1) is 26.9. The first-order valence-electron chi connectivity index (χ1n) is 19.9. The topological polar surface area (TPSA) is 3.24 Å². The predicted octanol–water partition coefficient (Wildman–Crippen LogP) is 15.1. The summed E-state index contributed by atoms with van der Waals surface area (Å²) in [5.74, 6) is 0.452. The van der Waals surface area contributed by atoms with Crippen LogP contribution in [0.2, 0.25) is 0 Å². The maximum absolute atomic E-state index is 2.68. The summed E-state index contributed by atoms with van der Waals surface area (Å²) in [5.41, 5.74) is 14.4. The van der Waals surface area contributed by atoms with Crippen molar-refractivity contribution in [3.05, 3.63) is 181 Å². The Labute approximate surface area is 323 Å². The van der Waals surface area contributed by atoms with Crippen LogP contribution in [0.4, 0.5) is 11.4 Å². The first kappa shape index (κ1) is 32.3. The molecule has 0 amide bonds. The summed E-state index contributed by atoms with van der Waals surface area (Å²) in [4.78, 5) is 2.68. The molecule has 1 aliphatic carbocycles. The molecular weight excluding hydrogens is 663 g/mol. The van der Waals surface area contributed by atoms with Gasteiger partial charge >= 0.3 is 0 Å². The van der Waals surface area contributed by atoms with E-state index in [1.165, 1.54) is 107 Å². The van der Waals surface area contributed by atoms with Crippen molar-refractivity contribution >= 4 is 43.7 Å². The van der Waals surface area contributed by atoms with E-state index in [-0.39, 0.29) is 11.0 Å². The molecule has 11 rings (SSSR count). The zero-order chi connectivity index (χ0) is 36.9. The van der Waals surface area contributed by atoms with Gasteiger partial charge in [-0.2, -0.15) is 0 Å². The number of benzene rings is 9. The zero-order valence-electron chi connectivity index (χ0n) is 31.7. The molecule has 1 aliphatic heterocycles. The van der Waals surface area contributed by atoms with E-state index in [0.717, 1.165) is 0 Å². The van der Waals surface area contributed by atoms with Crippen molar-refractivity contribution in [2.24, 2.45) is 5.41 Å². The van der Waals surface area contributed by atoms with E-state index in [1.807, 2.05) is 0 Å². The van der Waals surface area contributed by atoms with Crippen molar-refractivity contribution in [1.82, 2.24) is 0 Å². The normalized spacial score (nSPS) is 18.7. The SMILES string of the molecule is CC1(C)CCC2c3cc(-c4cc(-c5ccccc5)c5ccc6c(-c7ccccc7)cc(-c7ccccc7)c7ccc4c5c67)ccc3N(c3ccccc3)C21C. The molecule has 2 aliphatic rings. The lowest BCUT2D eigenvalue weighted by Crippen LogP contribution is -2.50. The number of para-hydroxylation sites is 1. The molecule has 1 heterocycles. The largest absolute Gasteiger partial charge is 0.334 e. The lowest BCUT2D eigenvalue weighted by Gasteiger charge is -2.47. The summed E-state index contributed by atoms with van der Waals surface area (Å²) in [7, 11) is 0. The van der Waals surface area contributed by atoms with Crippen LogP contribution in [0, 0.1) is 5.41 Å². The van der Waals surface area contributed by atoms with Crippen LogP contribution in [0.15, 0.2) is 176 Å². The minimum Gasteiger partial charge on any atom is -0.334 e. The first-order valence-corrected chi connectivity index (χ1v) is 19.9. The summed E-state index contributed by atoms with van der Waals surface area (Å²) < 4.78 is 0. The summed E-state index contributed by atoms with van der Waals surface area (Å²) in [5, 5.41) is 7.90. The Hall–Kier alpha value is -6.18. The van der Waals surface area contributed by atoms with Gasteiger partial charge in [-0.3, -0.25) is 0 Å². The second-order valence-electron chi connectivity index (χ2n) is 16.7. The maximum Gasteiger partial charge on any atom is 0.0543 e. The molecular formula is C54H43N. The monoisotopic (exact) mass is 705 g/mol. The van der Waals surface area contributed by atoms with Crippen LogP contribution in [0.5, 0.6) is 0 Å². The summed E-state index contributed by atoms with van der Waals surface area (Å²) >= 11 is 0. The molecule has 0 aromatic heterocycles. The fraction of sp³-hybridized carbons (Fsp3) is 0.148. The van der Waals surface area contributed by atoms with E-state index in [4.69, 9.17) is 0 Å². The third-order valence-electron chi connectivity index (χ3n) is 13.7. The van der Waals surface area contributed by atoms with E-state index < -0.39 is 0 Å². The molecule has 2 atom stereocenters. The average Bonchev–Trinajstić information content (AvgIpc) is 3.64. The molecule has 1 fully saturated rings. The number of nitrogens with zero attached hydrogens (tertiary/aromatic N) is 1. The third kappa shape index (κ3) is 4.59. The smallest absolute Gasteiger partial charge is 0.0543 e. The molecule has 0 radical (unpaired) electrons. The Bertz CT molecular complexity index is 2830. The Morgan fingerprint density at radius 2 is 0.855 bits per heavy atom. The van der Waals surface area contributed by atoms with Crippen LogP contribution in [0.3, 0.4) is 0 Å². The van der Waals surface area contributed by atoms with Crippen molar-refractivity contribution in [2.45, 2.75) is 45.1 Å². The molecule has 9 aromatic carbocycles.